The summed E-state index contributed by atoms with van der Waals surface area (Å²) in [4.78, 5) is 45.0. The van der Waals surface area contributed by atoms with Gasteiger partial charge in [-0.3, -0.25) is 14.4 Å². The second-order valence-corrected chi connectivity index (χ2v) is 7.77. The minimum Gasteiger partial charge on any atom is -0.481 e. The number of carbonyl (C=O) groups is 4. The molecule has 0 rings (SSSR count). The average Bonchev–Trinajstić information content (AvgIpc) is 2.79. The predicted molar refractivity (Wildman–Crippen MR) is 124 cm³/mol. The van der Waals surface area contributed by atoms with Gasteiger partial charge in [-0.1, -0.05) is 13.3 Å². The molecule has 0 fully saturated rings. The number of amides is 2. The summed E-state index contributed by atoms with van der Waals surface area (Å²) in [6.07, 6.45) is 3.89. The van der Waals surface area contributed by atoms with Gasteiger partial charge in [0.25, 0.3) is 0 Å². The number of rotatable bonds is 24. The van der Waals surface area contributed by atoms with Crippen molar-refractivity contribution in [1.29, 1.82) is 0 Å². The highest BCUT2D eigenvalue weighted by Gasteiger charge is 2.13. The van der Waals surface area contributed by atoms with E-state index in [1.54, 1.807) is 6.92 Å². The molecule has 0 aliphatic rings. The Hall–Kier alpha value is -2.08. The molecule has 0 bridgehead atoms. The zero-order chi connectivity index (χ0) is 25.4. The van der Waals surface area contributed by atoms with Crippen molar-refractivity contribution >= 4 is 23.6 Å². The quantitative estimate of drug-likeness (QED) is 0.168. The van der Waals surface area contributed by atoms with Crippen LogP contribution in [-0.2, 0) is 38.1 Å². The third-order valence-electron chi connectivity index (χ3n) is 4.74. The molecule has 11 heteroatoms. The van der Waals surface area contributed by atoms with Gasteiger partial charge in [-0.2, -0.15) is 0 Å². The Bertz CT molecular complexity index is 573. The predicted octanol–water partition coefficient (Wildman–Crippen LogP) is 0.936. The lowest BCUT2D eigenvalue weighted by Gasteiger charge is -2.10. The molecule has 0 aromatic rings. The number of carbonyl (C=O) groups excluding carboxylic acids is 3. The van der Waals surface area contributed by atoms with Crippen LogP contribution < -0.4 is 10.6 Å². The van der Waals surface area contributed by atoms with Crippen molar-refractivity contribution in [1.82, 2.24) is 10.6 Å². The standard InChI is InChI=1S/C23H42N2O9/c1-3-20(23(29)30)8-4-5-9-24-21(27)17-34-16-14-32-12-10-25-22(28)18-33-15-13-31-11-6-7-19(2)26/h20H,3-18H2,1-2H3,(H,24,27)(H,25,28)(H,29,30)/t20-/m0/s1. The summed E-state index contributed by atoms with van der Waals surface area (Å²) in [5.41, 5.74) is 0. The fraction of sp³-hybridized carbons (Fsp3) is 0.826. The topological polar surface area (TPSA) is 149 Å². The van der Waals surface area contributed by atoms with Crippen molar-refractivity contribution in [2.75, 3.05) is 65.9 Å². The van der Waals surface area contributed by atoms with Gasteiger partial charge in [0.1, 0.15) is 19.0 Å². The largest absolute Gasteiger partial charge is 0.481 e. The zero-order valence-electron chi connectivity index (χ0n) is 20.6. The summed E-state index contributed by atoms with van der Waals surface area (Å²) in [7, 11) is 0. The Morgan fingerprint density at radius 2 is 1.29 bits per heavy atom. The molecule has 0 saturated carbocycles. The normalized spacial score (nSPS) is 11.7. The van der Waals surface area contributed by atoms with Gasteiger partial charge in [-0.05, 0) is 32.6 Å². The van der Waals surface area contributed by atoms with Crippen LogP contribution in [0.4, 0.5) is 0 Å². The van der Waals surface area contributed by atoms with Gasteiger partial charge < -0.3 is 39.5 Å². The monoisotopic (exact) mass is 490 g/mol. The van der Waals surface area contributed by atoms with E-state index in [0.717, 1.165) is 12.8 Å². The smallest absolute Gasteiger partial charge is 0.306 e. The highest BCUT2D eigenvalue weighted by molar-refractivity contribution is 5.77. The van der Waals surface area contributed by atoms with Gasteiger partial charge in [0.05, 0.1) is 39.0 Å². The molecular formula is C23H42N2O9. The number of carboxylic acids is 1. The first-order valence-corrected chi connectivity index (χ1v) is 11.9. The van der Waals surface area contributed by atoms with Crippen LogP contribution in [0.15, 0.2) is 0 Å². The van der Waals surface area contributed by atoms with Crippen LogP contribution in [0.3, 0.4) is 0 Å². The maximum atomic E-state index is 11.7. The summed E-state index contributed by atoms with van der Waals surface area (Å²) < 4.78 is 21.0. The Morgan fingerprint density at radius 1 is 0.735 bits per heavy atom. The molecule has 2 amide bonds. The number of ether oxygens (including phenoxy) is 4. The molecule has 0 radical (unpaired) electrons. The summed E-state index contributed by atoms with van der Waals surface area (Å²) in [5.74, 6) is -1.42. The van der Waals surface area contributed by atoms with Crippen molar-refractivity contribution in [2.45, 2.75) is 52.4 Å². The summed E-state index contributed by atoms with van der Waals surface area (Å²) in [5, 5.41) is 14.4. The Balaban J connectivity index is 3.38. The zero-order valence-corrected chi connectivity index (χ0v) is 20.6. The summed E-state index contributed by atoms with van der Waals surface area (Å²) in [6, 6.07) is 0. The van der Waals surface area contributed by atoms with E-state index in [4.69, 9.17) is 24.1 Å². The lowest BCUT2D eigenvalue weighted by Crippen LogP contribution is -2.31. The molecule has 0 aromatic heterocycles. The van der Waals surface area contributed by atoms with E-state index >= 15 is 0 Å². The van der Waals surface area contributed by atoms with Crippen LogP contribution in [0.25, 0.3) is 0 Å². The number of unbranched alkanes of at least 4 members (excludes halogenated alkanes) is 1. The summed E-state index contributed by atoms with van der Waals surface area (Å²) in [6.45, 7) is 6.15. The van der Waals surface area contributed by atoms with Crippen molar-refractivity contribution in [3.8, 4) is 0 Å². The Labute approximate surface area is 202 Å². The molecule has 0 aromatic carbocycles. The Kier molecular flexibility index (Phi) is 21.3. The molecule has 0 aliphatic heterocycles. The van der Waals surface area contributed by atoms with Gasteiger partial charge in [0, 0.05) is 26.1 Å². The first kappa shape index (κ1) is 31.9. The van der Waals surface area contributed by atoms with Crippen LogP contribution in [-0.4, -0.2) is 94.6 Å². The third kappa shape index (κ3) is 21.7. The van der Waals surface area contributed by atoms with Gasteiger partial charge in [0.15, 0.2) is 0 Å². The van der Waals surface area contributed by atoms with Crippen LogP contribution >= 0.6 is 0 Å². The van der Waals surface area contributed by atoms with Crippen molar-refractivity contribution in [2.24, 2.45) is 5.92 Å². The average molecular weight is 491 g/mol. The van der Waals surface area contributed by atoms with Crippen molar-refractivity contribution in [3.63, 3.8) is 0 Å². The fourth-order valence-corrected chi connectivity index (χ4v) is 2.80. The van der Waals surface area contributed by atoms with Crippen molar-refractivity contribution in [3.05, 3.63) is 0 Å². The second-order valence-electron chi connectivity index (χ2n) is 7.77. The number of hydrogen-bond acceptors (Lipinski definition) is 8. The lowest BCUT2D eigenvalue weighted by molar-refractivity contribution is -0.142. The molecule has 0 saturated heterocycles. The van der Waals surface area contributed by atoms with E-state index in [9.17, 15) is 19.2 Å². The number of hydrogen-bond donors (Lipinski definition) is 3. The molecule has 0 unspecified atom stereocenters. The number of Topliss-reactive ketones (excluding diaryl/α,β-unsaturated/α-hetero) is 1. The van der Waals surface area contributed by atoms with E-state index in [2.05, 4.69) is 10.6 Å². The Morgan fingerprint density at radius 3 is 1.85 bits per heavy atom. The van der Waals surface area contributed by atoms with Crippen LogP contribution in [0, 0.1) is 5.92 Å². The molecule has 0 heterocycles. The van der Waals surface area contributed by atoms with Crippen LogP contribution in [0.2, 0.25) is 0 Å². The lowest BCUT2D eigenvalue weighted by atomic mass is 9.99. The molecule has 1 atom stereocenters. The van der Waals surface area contributed by atoms with E-state index in [1.807, 2.05) is 6.92 Å². The number of ketones is 1. The SMILES string of the molecule is CC[C@@H](CCCCNC(=O)COCCOCCNC(=O)COCCOCCCC(C)=O)C(=O)O. The van der Waals surface area contributed by atoms with E-state index in [-0.39, 0.29) is 43.3 Å². The van der Waals surface area contributed by atoms with Gasteiger partial charge in [-0.25, -0.2) is 0 Å². The molecule has 11 nitrogen and oxygen atoms in total. The maximum Gasteiger partial charge on any atom is 0.306 e. The molecule has 34 heavy (non-hydrogen) atoms. The first-order chi connectivity index (χ1) is 16.4. The van der Waals surface area contributed by atoms with Gasteiger partial charge >= 0.3 is 5.97 Å². The fourth-order valence-electron chi connectivity index (χ4n) is 2.80. The van der Waals surface area contributed by atoms with Crippen LogP contribution in [0.1, 0.15) is 52.4 Å². The summed E-state index contributed by atoms with van der Waals surface area (Å²) >= 11 is 0. The highest BCUT2D eigenvalue weighted by Crippen LogP contribution is 2.12. The molecule has 3 N–H and O–H groups in total. The highest BCUT2D eigenvalue weighted by atomic mass is 16.5. The van der Waals surface area contributed by atoms with E-state index in [0.29, 0.717) is 71.8 Å². The number of nitrogens with one attached hydrogen (secondary N) is 2. The van der Waals surface area contributed by atoms with Crippen molar-refractivity contribution < 1.29 is 43.2 Å². The van der Waals surface area contributed by atoms with E-state index in [1.165, 1.54) is 0 Å². The first-order valence-electron chi connectivity index (χ1n) is 11.9. The second kappa shape index (κ2) is 22.7. The minimum atomic E-state index is -0.769. The third-order valence-corrected chi connectivity index (χ3v) is 4.74. The van der Waals surface area contributed by atoms with Crippen LogP contribution in [0.5, 0.6) is 0 Å². The number of carboxylic acid groups (broad SMARTS) is 1. The molecular weight excluding hydrogens is 448 g/mol. The maximum absolute atomic E-state index is 11.7. The molecule has 0 aliphatic carbocycles. The van der Waals surface area contributed by atoms with E-state index < -0.39 is 5.97 Å². The molecule has 0 spiro atoms. The minimum absolute atomic E-state index is 0.0617. The molecule has 198 valence electrons. The van der Waals surface area contributed by atoms with Gasteiger partial charge in [-0.15, -0.1) is 0 Å². The van der Waals surface area contributed by atoms with Gasteiger partial charge in [0.2, 0.25) is 11.8 Å². The number of aliphatic carboxylic acids is 1.